The van der Waals surface area contributed by atoms with Gasteiger partial charge >= 0.3 is 0 Å². The summed E-state index contributed by atoms with van der Waals surface area (Å²) in [7, 11) is 0. The van der Waals surface area contributed by atoms with Gasteiger partial charge in [0, 0.05) is 12.2 Å². The lowest BCUT2D eigenvalue weighted by atomic mass is 10.1. The minimum absolute atomic E-state index is 0.0386. The van der Waals surface area contributed by atoms with Gasteiger partial charge in [-0.25, -0.2) is 0 Å². The van der Waals surface area contributed by atoms with Gasteiger partial charge in [-0.2, -0.15) is 5.26 Å². The first-order valence-corrected chi connectivity index (χ1v) is 13.1. The number of nitrogens with zero attached hydrogens (tertiary/aromatic N) is 6. The van der Waals surface area contributed by atoms with Crippen LogP contribution in [0.25, 0.3) is 0 Å². The summed E-state index contributed by atoms with van der Waals surface area (Å²) in [5.41, 5.74) is 1.98. The Morgan fingerprint density at radius 2 is 1.71 bits per heavy atom. The molecule has 1 aliphatic rings. The monoisotopic (exact) mass is 488 g/mol. The lowest BCUT2D eigenvalue weighted by Gasteiger charge is -2.26. The van der Waals surface area contributed by atoms with Crippen LogP contribution in [0, 0.1) is 11.3 Å². The maximum atomic E-state index is 13.5. The van der Waals surface area contributed by atoms with Crippen molar-refractivity contribution in [2.24, 2.45) is 0 Å². The van der Waals surface area contributed by atoms with Crippen LogP contribution in [0.15, 0.2) is 65.8 Å². The maximum absolute atomic E-state index is 13.5. The predicted octanol–water partition coefficient (Wildman–Crippen LogP) is 4.74. The Bertz CT molecular complexity index is 1120. The van der Waals surface area contributed by atoms with Gasteiger partial charge in [-0.05, 0) is 50.6 Å². The number of thioether (sulfide) groups is 1. The molecule has 0 aliphatic carbocycles. The molecular formula is C27H32N6OS. The number of aromatic nitrogens is 3. The molecule has 0 radical (unpaired) electrons. The van der Waals surface area contributed by atoms with Crippen LogP contribution in [0.3, 0.4) is 0 Å². The van der Waals surface area contributed by atoms with Crippen LogP contribution in [-0.2, 0) is 17.9 Å². The van der Waals surface area contributed by atoms with Gasteiger partial charge < -0.3 is 9.47 Å². The summed E-state index contributed by atoms with van der Waals surface area (Å²) in [5, 5.41) is 18.6. The van der Waals surface area contributed by atoms with Crippen LogP contribution in [0.4, 0.5) is 5.69 Å². The van der Waals surface area contributed by atoms with Crippen LogP contribution in [0.1, 0.15) is 44.0 Å². The summed E-state index contributed by atoms with van der Waals surface area (Å²) in [4.78, 5) is 17.6. The summed E-state index contributed by atoms with van der Waals surface area (Å²) in [6, 6.07) is 22.0. The summed E-state index contributed by atoms with van der Waals surface area (Å²) in [6.45, 7) is 5.86. The van der Waals surface area contributed by atoms with Gasteiger partial charge in [0.05, 0.1) is 30.8 Å². The Balaban J connectivity index is 1.55. The number of carbonyl (C=O) groups is 1. The molecule has 7 nitrogen and oxygen atoms in total. The molecule has 0 saturated carbocycles. The molecule has 1 fully saturated rings. The van der Waals surface area contributed by atoms with Crippen LogP contribution in [0.5, 0.6) is 0 Å². The smallest absolute Gasteiger partial charge is 0.240 e. The van der Waals surface area contributed by atoms with Gasteiger partial charge in [-0.1, -0.05) is 66.7 Å². The lowest BCUT2D eigenvalue weighted by molar-refractivity contribution is -0.117. The van der Waals surface area contributed by atoms with E-state index in [1.54, 1.807) is 4.90 Å². The fourth-order valence-corrected chi connectivity index (χ4v) is 5.26. The largest absolute Gasteiger partial charge is 0.310 e. The molecule has 0 spiro atoms. The molecule has 1 saturated heterocycles. The quantitative estimate of drug-likeness (QED) is 0.384. The van der Waals surface area contributed by atoms with E-state index in [1.165, 1.54) is 36.6 Å². The van der Waals surface area contributed by atoms with E-state index in [4.69, 9.17) is 5.26 Å². The van der Waals surface area contributed by atoms with Gasteiger partial charge in [0.1, 0.15) is 5.82 Å². The molecule has 0 bridgehead atoms. The van der Waals surface area contributed by atoms with Gasteiger partial charge in [0.25, 0.3) is 0 Å². The Morgan fingerprint density at radius 3 is 2.40 bits per heavy atom. The molecule has 0 N–H and O–H groups in total. The van der Waals surface area contributed by atoms with Gasteiger partial charge in [-0.15, -0.1) is 10.2 Å². The van der Waals surface area contributed by atoms with Crippen molar-refractivity contribution >= 4 is 23.4 Å². The number of amides is 1. The zero-order valence-corrected chi connectivity index (χ0v) is 21.0. The third-order valence-electron chi connectivity index (χ3n) is 6.20. The van der Waals surface area contributed by atoms with Crippen molar-refractivity contribution in [3.63, 3.8) is 0 Å². The number of nitriles is 1. The number of hydrogen-bond acceptors (Lipinski definition) is 6. The van der Waals surface area contributed by atoms with E-state index in [9.17, 15) is 4.79 Å². The van der Waals surface area contributed by atoms with Crippen molar-refractivity contribution in [3.8, 4) is 6.07 Å². The van der Waals surface area contributed by atoms with E-state index >= 15 is 0 Å². The number of likely N-dealkylation sites (tertiary alicyclic amines) is 1. The molecule has 1 aromatic heterocycles. The summed E-state index contributed by atoms with van der Waals surface area (Å²) in [5.74, 6) is 0.894. The molecule has 1 amide bonds. The van der Waals surface area contributed by atoms with Gasteiger partial charge in [-0.3, -0.25) is 9.69 Å². The third kappa shape index (κ3) is 6.71. The van der Waals surface area contributed by atoms with Crippen molar-refractivity contribution in [1.29, 1.82) is 5.26 Å². The van der Waals surface area contributed by atoms with E-state index in [2.05, 4.69) is 37.9 Å². The molecule has 1 unspecified atom stereocenters. The molecule has 1 atom stereocenters. The molecule has 182 valence electrons. The molecule has 4 rings (SSSR count). The molecular weight excluding hydrogens is 456 g/mol. The average molecular weight is 489 g/mol. The normalized spacial score (nSPS) is 14.9. The van der Waals surface area contributed by atoms with Crippen LogP contribution >= 0.6 is 11.8 Å². The third-order valence-corrected chi connectivity index (χ3v) is 7.27. The van der Waals surface area contributed by atoms with Crippen LogP contribution < -0.4 is 4.90 Å². The van der Waals surface area contributed by atoms with Crippen molar-refractivity contribution < 1.29 is 4.79 Å². The Kier molecular flexibility index (Phi) is 8.93. The number of carbonyl (C=O) groups excluding carboxylic acids is 1. The first-order chi connectivity index (χ1) is 17.2. The van der Waals surface area contributed by atoms with E-state index in [-0.39, 0.29) is 17.6 Å². The number of anilines is 1. The molecule has 3 aromatic rings. The van der Waals surface area contributed by atoms with Crippen molar-refractivity contribution in [2.75, 3.05) is 24.5 Å². The number of benzene rings is 2. The number of hydrogen-bond donors (Lipinski definition) is 0. The second kappa shape index (κ2) is 12.5. The fourth-order valence-electron chi connectivity index (χ4n) is 4.33. The highest BCUT2D eigenvalue weighted by Gasteiger charge is 2.26. The molecule has 8 heteroatoms. The topological polar surface area (TPSA) is 78.1 Å². The lowest BCUT2D eigenvalue weighted by Crippen LogP contribution is -2.37. The van der Waals surface area contributed by atoms with E-state index in [1.807, 2.05) is 55.5 Å². The summed E-state index contributed by atoms with van der Waals surface area (Å²) >= 11 is 1.43. The summed E-state index contributed by atoms with van der Waals surface area (Å²) in [6.07, 6.45) is 4.01. The number of para-hydroxylation sites is 1. The van der Waals surface area contributed by atoms with E-state index < -0.39 is 0 Å². The van der Waals surface area contributed by atoms with Crippen molar-refractivity contribution in [1.82, 2.24) is 19.7 Å². The van der Waals surface area contributed by atoms with E-state index in [0.717, 1.165) is 36.3 Å². The SMILES string of the molecule is CC(Sc1nnc(CN2CCCCC2)n1Cc1ccccc1)C(=O)N(CCC#N)c1ccccc1. The van der Waals surface area contributed by atoms with Crippen LogP contribution in [-0.4, -0.2) is 50.5 Å². The van der Waals surface area contributed by atoms with Crippen molar-refractivity contribution in [3.05, 3.63) is 72.1 Å². The zero-order valence-electron chi connectivity index (χ0n) is 20.2. The van der Waals surface area contributed by atoms with Crippen LogP contribution in [0.2, 0.25) is 0 Å². The Labute approximate surface area is 211 Å². The standard InChI is InChI=1S/C27H32N6OS/c1-22(26(34)32(19-11-16-28)24-14-7-3-8-15-24)35-27-30-29-25(21-31-17-9-4-10-18-31)33(27)20-23-12-5-2-6-13-23/h2-3,5-8,12-15,22H,4,9-11,17-21H2,1H3. The van der Waals surface area contributed by atoms with Gasteiger partial charge in [0.2, 0.25) is 5.91 Å². The average Bonchev–Trinajstić information content (AvgIpc) is 3.26. The Morgan fingerprint density at radius 1 is 1.03 bits per heavy atom. The molecule has 35 heavy (non-hydrogen) atoms. The molecule has 2 heterocycles. The highest BCUT2D eigenvalue weighted by atomic mass is 32.2. The second-order valence-electron chi connectivity index (χ2n) is 8.80. The zero-order chi connectivity index (χ0) is 24.5. The van der Waals surface area contributed by atoms with E-state index in [0.29, 0.717) is 13.1 Å². The highest BCUT2D eigenvalue weighted by Crippen LogP contribution is 2.27. The Hall–Kier alpha value is -3.15. The number of rotatable bonds is 10. The summed E-state index contributed by atoms with van der Waals surface area (Å²) < 4.78 is 2.15. The minimum Gasteiger partial charge on any atom is -0.310 e. The number of piperidine rings is 1. The maximum Gasteiger partial charge on any atom is 0.240 e. The second-order valence-corrected chi connectivity index (χ2v) is 10.1. The first-order valence-electron chi connectivity index (χ1n) is 12.2. The van der Waals surface area contributed by atoms with Gasteiger partial charge in [0.15, 0.2) is 5.16 Å². The van der Waals surface area contributed by atoms with Crippen molar-refractivity contribution in [2.45, 2.75) is 56.1 Å². The molecule has 1 aliphatic heterocycles. The minimum atomic E-state index is -0.379. The fraction of sp³-hybridized carbons (Fsp3) is 0.407. The molecule has 2 aromatic carbocycles. The predicted molar refractivity (Wildman–Crippen MR) is 139 cm³/mol. The first kappa shape index (κ1) is 25.0. The highest BCUT2D eigenvalue weighted by molar-refractivity contribution is 8.00.